The Hall–Kier alpha value is -1.69. The lowest BCUT2D eigenvalue weighted by Crippen LogP contribution is -2.54. The molecule has 0 bridgehead atoms. The van der Waals surface area contributed by atoms with E-state index >= 15 is 0 Å². The quantitative estimate of drug-likeness (QED) is 0.0391. The van der Waals surface area contributed by atoms with E-state index < -0.39 is 18.2 Å². The third-order valence-corrected chi connectivity index (χ3v) is 9.38. The monoisotopic (exact) mass is 678 g/mol. The van der Waals surface area contributed by atoms with Gasteiger partial charge in [0.25, 0.3) is 0 Å². The third-order valence-electron chi connectivity index (χ3n) is 9.38. The molecule has 0 aliphatic heterocycles. The van der Waals surface area contributed by atoms with Crippen molar-refractivity contribution in [1.82, 2.24) is 5.32 Å². The van der Waals surface area contributed by atoms with E-state index in [4.69, 9.17) is 4.74 Å². The number of unbranched alkanes of at least 4 members (excludes halogenated alkanes) is 23. The van der Waals surface area contributed by atoms with E-state index in [1.807, 2.05) is 19.9 Å². The van der Waals surface area contributed by atoms with Crippen LogP contribution in [0.25, 0.3) is 0 Å². The Balaban J connectivity index is 4.75. The van der Waals surface area contributed by atoms with Crippen molar-refractivity contribution < 1.29 is 24.2 Å². The molecule has 0 aliphatic carbocycles. The van der Waals surface area contributed by atoms with Gasteiger partial charge in [0, 0.05) is 19.3 Å². The van der Waals surface area contributed by atoms with Crippen LogP contribution in [0.4, 0.5) is 0 Å². The molecule has 0 aromatic heterocycles. The molecule has 0 radical (unpaired) electrons. The van der Waals surface area contributed by atoms with Gasteiger partial charge in [-0.15, -0.1) is 0 Å². The predicted octanol–water partition coefficient (Wildman–Crippen LogP) is 11.7. The summed E-state index contributed by atoms with van der Waals surface area (Å²) in [5, 5.41) is 14.0. The van der Waals surface area contributed by atoms with Gasteiger partial charge < -0.3 is 15.2 Å². The van der Waals surface area contributed by atoms with Crippen molar-refractivity contribution >= 4 is 17.7 Å². The fourth-order valence-corrected chi connectivity index (χ4v) is 6.30. The number of esters is 1. The Bertz CT molecular complexity index is 782. The van der Waals surface area contributed by atoms with Gasteiger partial charge in [-0.25, -0.2) is 0 Å². The molecular formula is C42H79NO5. The lowest BCUT2D eigenvalue weighted by molar-refractivity contribution is -0.152. The highest BCUT2D eigenvalue weighted by atomic mass is 16.5. The van der Waals surface area contributed by atoms with Crippen LogP contribution in [0.15, 0.2) is 12.2 Å². The summed E-state index contributed by atoms with van der Waals surface area (Å²) in [6.45, 7) is 8.30. The van der Waals surface area contributed by atoms with Crippen LogP contribution in [0.3, 0.4) is 0 Å². The van der Waals surface area contributed by atoms with Crippen LogP contribution in [-0.4, -0.2) is 41.0 Å². The van der Waals surface area contributed by atoms with Crippen molar-refractivity contribution in [3.05, 3.63) is 12.2 Å². The summed E-state index contributed by atoms with van der Waals surface area (Å²) in [5.74, 6) is -0.924. The molecule has 3 unspecified atom stereocenters. The first kappa shape index (κ1) is 46.3. The largest absolute Gasteiger partial charge is 0.456 e. The molecular weight excluding hydrogens is 598 g/mol. The van der Waals surface area contributed by atoms with Gasteiger partial charge in [-0.05, 0) is 38.2 Å². The fraction of sp³-hybridized carbons (Fsp3) is 0.881. The Morgan fingerprint density at radius 2 is 0.958 bits per heavy atom. The molecule has 3 atom stereocenters. The molecule has 0 spiro atoms. The number of hydrogen-bond donors (Lipinski definition) is 2. The van der Waals surface area contributed by atoms with Gasteiger partial charge >= 0.3 is 5.97 Å². The summed E-state index contributed by atoms with van der Waals surface area (Å²) < 4.78 is 5.77. The van der Waals surface area contributed by atoms with Crippen LogP contribution in [0.5, 0.6) is 0 Å². The minimum atomic E-state index is -1.42. The van der Waals surface area contributed by atoms with Gasteiger partial charge in [-0.1, -0.05) is 175 Å². The zero-order valence-electron chi connectivity index (χ0n) is 32.2. The highest BCUT2D eigenvalue weighted by Gasteiger charge is 2.34. The fourth-order valence-electron chi connectivity index (χ4n) is 6.30. The number of allylic oxidation sites excluding steroid dienone is 1. The second-order valence-electron chi connectivity index (χ2n) is 14.2. The number of rotatable bonds is 36. The van der Waals surface area contributed by atoms with Crippen molar-refractivity contribution in [1.29, 1.82) is 0 Å². The smallest absolute Gasteiger partial charge is 0.306 e. The second-order valence-corrected chi connectivity index (χ2v) is 14.2. The van der Waals surface area contributed by atoms with E-state index in [0.29, 0.717) is 19.3 Å². The highest BCUT2D eigenvalue weighted by molar-refractivity contribution is 5.85. The maximum atomic E-state index is 13.0. The molecule has 0 rings (SSSR count). The Morgan fingerprint density at radius 1 is 0.542 bits per heavy atom. The van der Waals surface area contributed by atoms with Gasteiger partial charge in [0.2, 0.25) is 5.91 Å². The number of Topliss-reactive ketones (excluding diaryl/α,β-unsaturated/α-hetero) is 1. The van der Waals surface area contributed by atoms with E-state index in [1.165, 1.54) is 122 Å². The van der Waals surface area contributed by atoms with Crippen molar-refractivity contribution in [3.8, 4) is 0 Å². The van der Waals surface area contributed by atoms with Gasteiger partial charge in [0.05, 0.1) is 0 Å². The van der Waals surface area contributed by atoms with Crippen LogP contribution in [0, 0.1) is 0 Å². The van der Waals surface area contributed by atoms with Crippen LogP contribution >= 0.6 is 0 Å². The highest BCUT2D eigenvalue weighted by Crippen LogP contribution is 2.17. The molecule has 0 fully saturated rings. The zero-order chi connectivity index (χ0) is 35.5. The summed E-state index contributed by atoms with van der Waals surface area (Å²) in [6, 6.07) is -0.993. The van der Waals surface area contributed by atoms with Crippen molar-refractivity contribution in [3.63, 3.8) is 0 Å². The molecule has 0 aromatic rings. The first-order valence-electron chi connectivity index (χ1n) is 20.8. The van der Waals surface area contributed by atoms with E-state index in [9.17, 15) is 19.5 Å². The van der Waals surface area contributed by atoms with Gasteiger partial charge in [0.15, 0.2) is 5.78 Å². The number of aliphatic hydroxyl groups excluding tert-OH is 1. The number of amides is 1. The van der Waals surface area contributed by atoms with Crippen molar-refractivity contribution in [2.24, 2.45) is 0 Å². The molecule has 0 heterocycles. The van der Waals surface area contributed by atoms with Crippen LogP contribution in [0.2, 0.25) is 0 Å². The average Bonchev–Trinajstić information content (AvgIpc) is 3.07. The Kier molecular flexibility index (Phi) is 33.9. The lowest BCUT2D eigenvalue weighted by atomic mass is 9.97. The number of carbonyl (C=O) groups excluding carboxylic acids is 3. The number of ether oxygens (including phenoxy) is 1. The average molecular weight is 678 g/mol. The molecule has 48 heavy (non-hydrogen) atoms. The summed E-state index contributed by atoms with van der Waals surface area (Å²) in [7, 11) is 0. The standard InChI is InChI=1S/C42H79NO5/c1-5-9-11-13-15-17-19-20-21-22-24-26-28-30-32-36-39(45)43-41(42(47)37(44)33-7-3)38(48-40(46)34-8-4)35-31-29-27-25-23-18-16-14-12-10-6-2/h31,35,38,41-42,47H,5-30,32-34,36H2,1-4H3,(H,43,45). The SMILES string of the molecule is CCCCCCCCCCCC=CC(OC(=O)CCC)C(NC(=O)CCCCCCCCCCCCCCCCC)C(O)C(=O)CCC. The maximum Gasteiger partial charge on any atom is 0.306 e. The van der Waals surface area contributed by atoms with Gasteiger partial charge in [-0.2, -0.15) is 0 Å². The Morgan fingerprint density at radius 3 is 1.40 bits per heavy atom. The normalized spacial score (nSPS) is 13.4. The number of ketones is 1. The lowest BCUT2D eigenvalue weighted by Gasteiger charge is -2.29. The first-order valence-corrected chi connectivity index (χ1v) is 20.8. The van der Waals surface area contributed by atoms with E-state index in [-0.39, 0.29) is 30.5 Å². The van der Waals surface area contributed by atoms with Crippen LogP contribution in [-0.2, 0) is 19.1 Å². The molecule has 0 aromatic carbocycles. The van der Waals surface area contributed by atoms with Crippen LogP contribution in [0.1, 0.15) is 220 Å². The minimum Gasteiger partial charge on any atom is -0.456 e. The molecule has 282 valence electrons. The van der Waals surface area contributed by atoms with Gasteiger partial charge in [0.1, 0.15) is 18.2 Å². The van der Waals surface area contributed by atoms with Gasteiger partial charge in [-0.3, -0.25) is 14.4 Å². The number of aliphatic hydroxyl groups is 1. The predicted molar refractivity (Wildman–Crippen MR) is 203 cm³/mol. The summed E-state index contributed by atoms with van der Waals surface area (Å²) in [4.78, 5) is 38.4. The summed E-state index contributed by atoms with van der Waals surface area (Å²) in [5.41, 5.74) is 0. The number of hydrogen-bond acceptors (Lipinski definition) is 5. The third kappa shape index (κ3) is 28.2. The molecule has 1 amide bonds. The van der Waals surface area contributed by atoms with E-state index in [1.54, 1.807) is 6.08 Å². The minimum absolute atomic E-state index is 0.207. The van der Waals surface area contributed by atoms with E-state index in [0.717, 1.165) is 38.5 Å². The molecule has 6 heteroatoms. The molecule has 6 nitrogen and oxygen atoms in total. The summed E-state index contributed by atoms with van der Waals surface area (Å²) in [6.07, 6.45) is 34.5. The topological polar surface area (TPSA) is 92.7 Å². The Labute approximate surface area is 297 Å². The van der Waals surface area contributed by atoms with Crippen molar-refractivity contribution in [2.75, 3.05) is 0 Å². The molecule has 0 saturated heterocycles. The number of carbonyl (C=O) groups is 3. The van der Waals surface area contributed by atoms with E-state index in [2.05, 4.69) is 19.2 Å². The first-order chi connectivity index (χ1) is 23.4. The second kappa shape index (κ2) is 35.1. The zero-order valence-corrected chi connectivity index (χ0v) is 32.2. The molecule has 0 aliphatic rings. The molecule has 0 saturated carbocycles. The summed E-state index contributed by atoms with van der Waals surface area (Å²) >= 11 is 0. The van der Waals surface area contributed by atoms with Crippen LogP contribution < -0.4 is 5.32 Å². The maximum absolute atomic E-state index is 13.0. The molecule has 2 N–H and O–H groups in total. The van der Waals surface area contributed by atoms with Crippen molar-refractivity contribution in [2.45, 2.75) is 239 Å². The number of nitrogens with one attached hydrogen (secondary N) is 1.